The van der Waals surface area contributed by atoms with E-state index < -0.39 is 0 Å². The average Bonchev–Trinajstić information content (AvgIpc) is 3.60. The first-order valence-electron chi connectivity index (χ1n) is 14.4. The number of hydrogen-bond acceptors (Lipinski definition) is 7. The van der Waals surface area contributed by atoms with Gasteiger partial charge in [0.05, 0.1) is 19.2 Å². The van der Waals surface area contributed by atoms with Crippen LogP contribution in [-0.4, -0.2) is 74.3 Å². The highest BCUT2D eigenvalue weighted by Gasteiger charge is 2.47. The Morgan fingerprint density at radius 1 is 1.05 bits per heavy atom. The molecule has 7 heteroatoms. The molecular formula is C31H42N4O3. The zero-order chi connectivity index (χ0) is 26.1. The second-order valence-corrected chi connectivity index (χ2v) is 11.6. The number of pyridine rings is 1. The Bertz CT molecular complexity index is 1260. The third kappa shape index (κ3) is 5.10. The Morgan fingerprint density at radius 2 is 1.87 bits per heavy atom. The van der Waals surface area contributed by atoms with Crippen LogP contribution >= 0.6 is 0 Å². The van der Waals surface area contributed by atoms with Gasteiger partial charge in [-0.25, -0.2) is 4.98 Å². The maximum atomic E-state index is 6.26. The molecule has 2 aliphatic heterocycles. The molecule has 38 heavy (non-hydrogen) atoms. The lowest BCUT2D eigenvalue weighted by Crippen LogP contribution is -2.54. The van der Waals surface area contributed by atoms with Gasteiger partial charge in [-0.1, -0.05) is 0 Å². The van der Waals surface area contributed by atoms with E-state index in [0.29, 0.717) is 18.1 Å². The van der Waals surface area contributed by atoms with Gasteiger partial charge in [0.1, 0.15) is 11.5 Å². The molecule has 3 aromatic rings. The topological polar surface area (TPSA) is 63.0 Å². The van der Waals surface area contributed by atoms with E-state index in [1.54, 1.807) is 7.11 Å². The Balaban J connectivity index is 1.29. The summed E-state index contributed by atoms with van der Waals surface area (Å²) in [5.41, 5.74) is 3.23. The minimum Gasteiger partial charge on any atom is -0.493 e. The maximum absolute atomic E-state index is 6.26. The van der Waals surface area contributed by atoms with E-state index in [2.05, 4.69) is 34.3 Å². The van der Waals surface area contributed by atoms with Crippen LogP contribution in [-0.2, 0) is 0 Å². The molecule has 2 saturated heterocycles. The van der Waals surface area contributed by atoms with E-state index in [0.717, 1.165) is 58.3 Å². The van der Waals surface area contributed by atoms with E-state index in [9.17, 15) is 0 Å². The molecule has 4 heterocycles. The number of nitrogens with one attached hydrogen (secondary N) is 1. The van der Waals surface area contributed by atoms with Crippen molar-refractivity contribution in [2.24, 2.45) is 5.41 Å². The van der Waals surface area contributed by atoms with Crippen LogP contribution in [0.3, 0.4) is 0 Å². The van der Waals surface area contributed by atoms with Gasteiger partial charge < -0.3 is 29.0 Å². The SMILES string of the molecule is COc1cc2c(NC3CCC34CCN(C)CC4)cc(-c3ccc(C)o3)nc2cc1OCCCN1CCCC1. The number of fused-ring (bicyclic) bond motifs is 1. The van der Waals surface area contributed by atoms with Crippen molar-refractivity contribution < 1.29 is 13.9 Å². The van der Waals surface area contributed by atoms with Crippen LogP contribution in [0.4, 0.5) is 5.69 Å². The second kappa shape index (κ2) is 10.8. The first kappa shape index (κ1) is 25.5. The molecule has 2 aromatic heterocycles. The Morgan fingerprint density at radius 3 is 2.55 bits per heavy atom. The van der Waals surface area contributed by atoms with Gasteiger partial charge in [0, 0.05) is 29.7 Å². The third-order valence-electron chi connectivity index (χ3n) is 9.14. The van der Waals surface area contributed by atoms with E-state index in [4.69, 9.17) is 18.9 Å². The molecule has 1 N–H and O–H groups in total. The highest BCUT2D eigenvalue weighted by molar-refractivity contribution is 5.96. The lowest BCUT2D eigenvalue weighted by atomic mass is 9.59. The quantitative estimate of drug-likeness (QED) is 0.351. The summed E-state index contributed by atoms with van der Waals surface area (Å²) < 4.78 is 18.1. The molecule has 3 aliphatic rings. The molecular weight excluding hydrogens is 476 g/mol. The lowest BCUT2D eigenvalue weighted by molar-refractivity contribution is 0.0275. The van der Waals surface area contributed by atoms with E-state index in [-0.39, 0.29) is 0 Å². The molecule has 6 rings (SSSR count). The van der Waals surface area contributed by atoms with Gasteiger partial charge in [-0.2, -0.15) is 0 Å². The lowest BCUT2D eigenvalue weighted by Gasteiger charge is -2.54. The Kier molecular flexibility index (Phi) is 7.23. The number of furan rings is 1. The summed E-state index contributed by atoms with van der Waals surface area (Å²) in [6.45, 7) is 8.51. The Hall–Kier alpha value is -2.77. The normalized spacial score (nSPS) is 21.6. The number of benzene rings is 1. The predicted molar refractivity (Wildman–Crippen MR) is 152 cm³/mol. The van der Waals surface area contributed by atoms with Crippen molar-refractivity contribution in [2.45, 2.75) is 57.9 Å². The molecule has 1 aliphatic carbocycles. The number of hydrogen-bond donors (Lipinski definition) is 1. The zero-order valence-electron chi connectivity index (χ0n) is 23.2. The monoisotopic (exact) mass is 518 g/mol. The van der Waals surface area contributed by atoms with Gasteiger partial charge >= 0.3 is 0 Å². The average molecular weight is 519 g/mol. The van der Waals surface area contributed by atoms with Crippen molar-refractivity contribution in [3.63, 3.8) is 0 Å². The zero-order valence-corrected chi connectivity index (χ0v) is 23.2. The second-order valence-electron chi connectivity index (χ2n) is 11.6. The van der Waals surface area contributed by atoms with E-state index >= 15 is 0 Å². The molecule has 0 bridgehead atoms. The van der Waals surface area contributed by atoms with Gasteiger partial charge in [-0.3, -0.25) is 0 Å². The summed E-state index contributed by atoms with van der Waals surface area (Å²) in [6.07, 6.45) is 8.67. The van der Waals surface area contributed by atoms with Crippen LogP contribution < -0.4 is 14.8 Å². The number of aryl methyl sites for hydroxylation is 1. The van der Waals surface area contributed by atoms with Crippen molar-refractivity contribution in [1.29, 1.82) is 0 Å². The number of piperidine rings is 1. The van der Waals surface area contributed by atoms with Crippen molar-refractivity contribution >= 4 is 16.6 Å². The van der Waals surface area contributed by atoms with Crippen molar-refractivity contribution in [1.82, 2.24) is 14.8 Å². The summed E-state index contributed by atoms with van der Waals surface area (Å²) in [5.74, 6) is 3.19. The molecule has 3 fully saturated rings. The van der Waals surface area contributed by atoms with E-state index in [1.807, 2.05) is 25.1 Å². The molecule has 1 atom stereocenters. The van der Waals surface area contributed by atoms with Crippen molar-refractivity contribution in [3.05, 3.63) is 36.1 Å². The number of nitrogens with zero attached hydrogens (tertiary/aromatic N) is 3. The van der Waals surface area contributed by atoms with Crippen LogP contribution in [0.2, 0.25) is 0 Å². The summed E-state index contributed by atoms with van der Waals surface area (Å²) in [5, 5.41) is 5.03. The number of anilines is 1. The van der Waals surface area contributed by atoms with Crippen LogP contribution in [0, 0.1) is 12.3 Å². The molecule has 204 valence electrons. The fourth-order valence-electron chi connectivity index (χ4n) is 6.57. The van der Waals surface area contributed by atoms with E-state index in [1.165, 1.54) is 64.7 Å². The standard InChI is InChI=1S/C31H42N4O3/c1-22-7-8-27(38-22)26-20-24(33-30-9-10-31(30)11-16-34(2)17-12-31)23-19-28(36-3)29(21-25(23)32-26)37-18-6-15-35-13-4-5-14-35/h7-8,19-21,30H,4-6,9-18H2,1-3H3,(H,32,33). The molecule has 0 radical (unpaired) electrons. The third-order valence-corrected chi connectivity index (χ3v) is 9.14. The molecule has 1 spiro atoms. The van der Waals surface area contributed by atoms with Crippen molar-refractivity contribution in [3.8, 4) is 23.0 Å². The van der Waals surface area contributed by atoms with Crippen LogP contribution in [0.15, 0.2) is 34.7 Å². The minimum absolute atomic E-state index is 0.395. The van der Waals surface area contributed by atoms with Crippen LogP contribution in [0.1, 0.15) is 50.7 Å². The fraction of sp³-hybridized carbons (Fsp3) is 0.581. The Labute approximate surface area is 226 Å². The predicted octanol–water partition coefficient (Wildman–Crippen LogP) is 5.96. The van der Waals surface area contributed by atoms with Gasteiger partial charge in [0.25, 0.3) is 0 Å². The molecule has 1 saturated carbocycles. The number of likely N-dealkylation sites (tertiary alicyclic amines) is 2. The van der Waals surface area contributed by atoms with Gasteiger partial charge in [-0.05, 0) is 115 Å². The largest absolute Gasteiger partial charge is 0.493 e. The number of aromatic nitrogens is 1. The molecule has 0 amide bonds. The summed E-state index contributed by atoms with van der Waals surface area (Å²) in [7, 11) is 3.96. The van der Waals surface area contributed by atoms with Crippen molar-refractivity contribution in [2.75, 3.05) is 58.8 Å². The smallest absolute Gasteiger partial charge is 0.163 e. The first-order valence-corrected chi connectivity index (χ1v) is 14.4. The number of ether oxygens (including phenoxy) is 2. The summed E-state index contributed by atoms with van der Waals surface area (Å²) >= 11 is 0. The fourth-order valence-corrected chi connectivity index (χ4v) is 6.57. The van der Waals surface area contributed by atoms with Gasteiger partial charge in [0.2, 0.25) is 0 Å². The molecule has 7 nitrogen and oxygen atoms in total. The highest BCUT2D eigenvalue weighted by Crippen LogP contribution is 2.51. The van der Waals surface area contributed by atoms with Gasteiger partial charge in [-0.15, -0.1) is 0 Å². The molecule has 1 aromatic carbocycles. The summed E-state index contributed by atoms with van der Waals surface area (Å²) in [6, 6.07) is 10.8. The van der Waals surface area contributed by atoms with Crippen LogP contribution in [0.25, 0.3) is 22.4 Å². The first-order chi connectivity index (χ1) is 18.5. The molecule has 1 unspecified atom stereocenters. The number of rotatable bonds is 9. The number of methoxy groups -OCH3 is 1. The minimum atomic E-state index is 0.395. The van der Waals surface area contributed by atoms with Crippen LogP contribution in [0.5, 0.6) is 11.5 Å². The maximum Gasteiger partial charge on any atom is 0.163 e. The van der Waals surface area contributed by atoms with Gasteiger partial charge in [0.15, 0.2) is 17.3 Å². The summed E-state index contributed by atoms with van der Waals surface area (Å²) in [4.78, 5) is 10.0. The highest BCUT2D eigenvalue weighted by atomic mass is 16.5.